The number of nitrogens with zero attached hydrogens (tertiary/aromatic N) is 2. The second kappa shape index (κ2) is 11.3. The maximum absolute atomic E-state index is 12.9. The van der Waals surface area contributed by atoms with Gasteiger partial charge in [0.05, 0.1) is 7.11 Å². The van der Waals surface area contributed by atoms with Gasteiger partial charge in [-0.25, -0.2) is 14.6 Å². The molecule has 3 aromatic carbocycles. The monoisotopic (exact) mass is 490 g/mol. The van der Waals surface area contributed by atoms with Crippen molar-refractivity contribution in [3.63, 3.8) is 0 Å². The zero-order valence-corrected chi connectivity index (χ0v) is 19.9. The molecule has 1 heterocycles. The molecule has 186 valence electrons. The van der Waals surface area contributed by atoms with Gasteiger partial charge in [-0.05, 0) is 60.5 Å². The van der Waals surface area contributed by atoms with Crippen LogP contribution in [0.2, 0.25) is 0 Å². The van der Waals surface area contributed by atoms with Gasteiger partial charge in [-0.15, -0.1) is 0 Å². The number of ether oxygens (including phenoxy) is 3. The first-order valence-corrected chi connectivity index (χ1v) is 11.4. The second-order valence-corrected chi connectivity index (χ2v) is 7.94. The molecular weight excluding hydrogens is 464 g/mol. The number of carbonyl (C=O) groups is 2. The van der Waals surface area contributed by atoms with Crippen molar-refractivity contribution < 1.29 is 33.3 Å². The summed E-state index contributed by atoms with van der Waals surface area (Å²) < 4.78 is 22.0. The Labute approximate surface area is 207 Å². The number of carboxylic acid groups (broad SMARTS) is 1. The lowest BCUT2D eigenvalue weighted by atomic mass is 10.1. The first kappa shape index (κ1) is 24.6. The summed E-state index contributed by atoms with van der Waals surface area (Å²) in [6.45, 7) is 1.91. The highest BCUT2D eigenvalue weighted by atomic mass is 16.6. The largest absolute Gasteiger partial charge is 0.497 e. The summed E-state index contributed by atoms with van der Waals surface area (Å²) in [6.07, 6.45) is -0.538. The number of rotatable bonds is 10. The quantitative estimate of drug-likeness (QED) is 0.320. The van der Waals surface area contributed by atoms with Crippen molar-refractivity contribution >= 4 is 23.2 Å². The van der Waals surface area contributed by atoms with E-state index >= 15 is 0 Å². The number of aromatic nitrogens is 1. The first-order valence-electron chi connectivity index (χ1n) is 11.4. The van der Waals surface area contributed by atoms with Crippen molar-refractivity contribution in [2.45, 2.75) is 32.5 Å². The molecule has 0 saturated carbocycles. The van der Waals surface area contributed by atoms with Crippen LogP contribution in [0.4, 0.5) is 4.79 Å². The standard InChI is InChI=1S/C27H26N2O7/c1-3-23(26(30)31)29(27(32)35-21-14-12-19(33-2)13-15-21)16-18-8-10-20(11-9-18)34-17-25-28-22-6-4-5-7-24(22)36-25/h4-15,23H,3,16-17H2,1-2H3,(H,30,31). The number of fused-ring (bicyclic) bond motifs is 1. The summed E-state index contributed by atoms with van der Waals surface area (Å²) >= 11 is 0. The minimum Gasteiger partial charge on any atom is -0.497 e. The Morgan fingerprint density at radius 1 is 0.972 bits per heavy atom. The van der Waals surface area contributed by atoms with Crippen LogP contribution in [-0.2, 0) is 17.9 Å². The molecule has 9 nitrogen and oxygen atoms in total. The van der Waals surface area contributed by atoms with Crippen LogP contribution in [0.1, 0.15) is 24.8 Å². The average Bonchev–Trinajstić information content (AvgIpc) is 3.31. The Kier molecular flexibility index (Phi) is 7.69. The molecule has 4 rings (SSSR count). The molecule has 1 N–H and O–H groups in total. The second-order valence-electron chi connectivity index (χ2n) is 7.94. The zero-order valence-electron chi connectivity index (χ0n) is 19.9. The molecule has 1 aromatic heterocycles. The summed E-state index contributed by atoms with van der Waals surface area (Å²) in [6, 6.07) is 19.9. The van der Waals surface area contributed by atoms with E-state index in [1.165, 1.54) is 12.0 Å². The fraction of sp³-hybridized carbons (Fsp3) is 0.222. The van der Waals surface area contributed by atoms with Crippen LogP contribution in [0, 0.1) is 0 Å². The third-order valence-electron chi connectivity index (χ3n) is 5.52. The number of carbonyl (C=O) groups excluding carboxylic acids is 1. The zero-order chi connectivity index (χ0) is 25.5. The smallest absolute Gasteiger partial charge is 0.416 e. The van der Waals surface area contributed by atoms with Gasteiger partial charge in [0.15, 0.2) is 12.2 Å². The predicted molar refractivity (Wildman–Crippen MR) is 131 cm³/mol. The molecule has 0 bridgehead atoms. The van der Waals surface area contributed by atoms with Crippen molar-refractivity contribution in [3.05, 3.63) is 84.3 Å². The van der Waals surface area contributed by atoms with Crippen LogP contribution in [0.25, 0.3) is 11.1 Å². The molecular formula is C27H26N2O7. The van der Waals surface area contributed by atoms with E-state index in [1.807, 2.05) is 24.3 Å². The molecule has 0 aliphatic heterocycles. The van der Waals surface area contributed by atoms with Crippen LogP contribution in [0.15, 0.2) is 77.2 Å². The highest BCUT2D eigenvalue weighted by molar-refractivity contribution is 5.81. The van der Waals surface area contributed by atoms with Gasteiger partial charge in [0.25, 0.3) is 0 Å². The summed E-state index contributed by atoms with van der Waals surface area (Å²) in [7, 11) is 1.54. The average molecular weight is 491 g/mol. The van der Waals surface area contributed by atoms with Gasteiger partial charge < -0.3 is 23.7 Å². The fourth-order valence-corrected chi connectivity index (χ4v) is 3.65. The van der Waals surface area contributed by atoms with E-state index in [9.17, 15) is 14.7 Å². The molecule has 1 amide bonds. The van der Waals surface area contributed by atoms with E-state index in [-0.39, 0.29) is 25.3 Å². The Bertz CT molecular complexity index is 1280. The minimum atomic E-state index is -1.11. The number of para-hydroxylation sites is 2. The predicted octanol–water partition coefficient (Wildman–Crippen LogP) is 5.28. The lowest BCUT2D eigenvalue weighted by molar-refractivity contribution is -0.142. The lowest BCUT2D eigenvalue weighted by Gasteiger charge is -2.27. The van der Waals surface area contributed by atoms with Crippen molar-refractivity contribution in [2.75, 3.05) is 7.11 Å². The number of oxazole rings is 1. The Morgan fingerprint density at radius 2 is 1.64 bits per heavy atom. The number of methoxy groups -OCH3 is 1. The number of aliphatic carboxylic acids is 1. The SMILES string of the molecule is CCC(C(=O)O)N(Cc1ccc(OCc2nc3ccccc3o2)cc1)C(=O)Oc1ccc(OC)cc1. The van der Waals surface area contributed by atoms with Crippen molar-refractivity contribution in [1.29, 1.82) is 0 Å². The molecule has 1 atom stereocenters. The van der Waals surface area contributed by atoms with Crippen molar-refractivity contribution in [2.24, 2.45) is 0 Å². The third-order valence-corrected chi connectivity index (χ3v) is 5.52. The van der Waals surface area contributed by atoms with Gasteiger partial charge in [-0.1, -0.05) is 31.2 Å². The third kappa shape index (κ3) is 5.93. The highest BCUT2D eigenvalue weighted by Crippen LogP contribution is 2.22. The fourth-order valence-electron chi connectivity index (χ4n) is 3.65. The Morgan fingerprint density at radius 3 is 2.28 bits per heavy atom. The molecule has 4 aromatic rings. The maximum Gasteiger partial charge on any atom is 0.416 e. The van der Waals surface area contributed by atoms with Gasteiger partial charge in [0, 0.05) is 6.54 Å². The molecule has 0 spiro atoms. The van der Waals surface area contributed by atoms with Crippen LogP contribution in [-0.4, -0.2) is 40.2 Å². The molecule has 0 fully saturated rings. The number of benzene rings is 3. The minimum absolute atomic E-state index is 0.0468. The molecule has 9 heteroatoms. The van der Waals surface area contributed by atoms with E-state index in [4.69, 9.17) is 18.6 Å². The summed E-state index contributed by atoms with van der Waals surface area (Å²) in [5, 5.41) is 9.68. The first-order chi connectivity index (χ1) is 17.5. The van der Waals surface area contributed by atoms with Gasteiger partial charge in [-0.3, -0.25) is 4.90 Å². The number of carboxylic acids is 1. The summed E-state index contributed by atoms with van der Waals surface area (Å²) in [4.78, 5) is 30.4. The van der Waals surface area contributed by atoms with Crippen LogP contribution in [0.5, 0.6) is 17.2 Å². The number of amides is 1. The van der Waals surface area contributed by atoms with Gasteiger partial charge in [-0.2, -0.15) is 0 Å². The summed E-state index contributed by atoms with van der Waals surface area (Å²) in [5.74, 6) is 0.831. The van der Waals surface area contributed by atoms with E-state index in [0.29, 0.717) is 23.0 Å². The molecule has 0 aliphatic rings. The van der Waals surface area contributed by atoms with E-state index in [0.717, 1.165) is 11.1 Å². The van der Waals surface area contributed by atoms with Gasteiger partial charge >= 0.3 is 12.1 Å². The molecule has 1 unspecified atom stereocenters. The van der Waals surface area contributed by atoms with E-state index in [1.54, 1.807) is 55.5 Å². The maximum atomic E-state index is 12.9. The normalized spacial score (nSPS) is 11.6. The lowest BCUT2D eigenvalue weighted by Crippen LogP contribution is -2.45. The molecule has 0 radical (unpaired) electrons. The van der Waals surface area contributed by atoms with Crippen LogP contribution >= 0.6 is 0 Å². The number of hydrogen-bond donors (Lipinski definition) is 1. The van der Waals surface area contributed by atoms with Crippen LogP contribution in [0.3, 0.4) is 0 Å². The van der Waals surface area contributed by atoms with E-state index < -0.39 is 18.1 Å². The summed E-state index contributed by atoms with van der Waals surface area (Å²) in [5.41, 5.74) is 2.17. The van der Waals surface area contributed by atoms with Crippen molar-refractivity contribution in [3.8, 4) is 17.2 Å². The molecule has 0 saturated heterocycles. The molecule has 0 aliphatic carbocycles. The van der Waals surface area contributed by atoms with Crippen molar-refractivity contribution in [1.82, 2.24) is 9.88 Å². The van der Waals surface area contributed by atoms with Gasteiger partial charge in [0.1, 0.15) is 28.8 Å². The Hall–Kier alpha value is -4.53. The number of hydrogen-bond acceptors (Lipinski definition) is 7. The highest BCUT2D eigenvalue weighted by Gasteiger charge is 2.30. The van der Waals surface area contributed by atoms with Crippen LogP contribution < -0.4 is 14.2 Å². The van der Waals surface area contributed by atoms with Gasteiger partial charge in [0.2, 0.25) is 5.89 Å². The Balaban J connectivity index is 1.43. The topological polar surface area (TPSA) is 111 Å². The van der Waals surface area contributed by atoms with E-state index in [2.05, 4.69) is 4.98 Å². The molecule has 36 heavy (non-hydrogen) atoms.